The van der Waals surface area contributed by atoms with Gasteiger partial charge >= 0.3 is 6.18 Å². The van der Waals surface area contributed by atoms with Crippen molar-refractivity contribution in [3.63, 3.8) is 0 Å². The highest BCUT2D eigenvalue weighted by Crippen LogP contribution is 2.38. The number of alkyl halides is 3. The first-order valence-corrected chi connectivity index (χ1v) is 6.38. The number of hydrogen-bond donors (Lipinski definition) is 1. The highest BCUT2D eigenvalue weighted by molar-refractivity contribution is 4.91. The van der Waals surface area contributed by atoms with Crippen LogP contribution in [-0.4, -0.2) is 51.0 Å². The van der Waals surface area contributed by atoms with Crippen molar-refractivity contribution >= 4 is 0 Å². The third-order valence-electron chi connectivity index (χ3n) is 3.66. The number of aliphatic hydroxyl groups is 1. The molecule has 0 radical (unpaired) electrons. The predicted octanol–water partition coefficient (Wildman–Crippen LogP) is 1.66. The third kappa shape index (κ3) is 3.48. The maximum absolute atomic E-state index is 12.6. The number of aryl methyl sites for hydroxylation is 1. The van der Waals surface area contributed by atoms with Gasteiger partial charge in [0.25, 0.3) is 0 Å². The molecule has 0 aromatic carbocycles. The summed E-state index contributed by atoms with van der Waals surface area (Å²) in [5, 5.41) is 9.54. The molecule has 1 fully saturated rings. The molecule has 4 nitrogen and oxygen atoms in total. The maximum atomic E-state index is 12.6. The molecule has 0 atom stereocenters. The lowest BCUT2D eigenvalue weighted by atomic mass is 9.91. The molecule has 0 bridgehead atoms. The first-order chi connectivity index (χ1) is 8.91. The van der Waals surface area contributed by atoms with Crippen LogP contribution in [0.5, 0.6) is 0 Å². The highest BCUT2D eigenvalue weighted by atomic mass is 19.4. The van der Waals surface area contributed by atoms with Crippen LogP contribution in [0.2, 0.25) is 0 Å². The molecule has 7 heteroatoms. The van der Waals surface area contributed by atoms with Crippen LogP contribution < -0.4 is 0 Å². The minimum atomic E-state index is -4.52. The number of rotatable bonds is 4. The fourth-order valence-corrected chi connectivity index (χ4v) is 2.33. The molecule has 2 rings (SSSR count). The summed E-state index contributed by atoms with van der Waals surface area (Å²) in [5.41, 5.74) is -2.49. The van der Waals surface area contributed by atoms with Gasteiger partial charge in [-0.15, -0.1) is 0 Å². The van der Waals surface area contributed by atoms with Crippen molar-refractivity contribution < 1.29 is 18.3 Å². The highest BCUT2D eigenvalue weighted by Gasteiger charge is 2.54. The number of likely N-dealkylation sites (tertiary alicyclic amines) is 1. The van der Waals surface area contributed by atoms with Gasteiger partial charge in [0.05, 0.1) is 6.33 Å². The fraction of sp³-hybridized carbons (Fsp3) is 0.750. The van der Waals surface area contributed by atoms with Crippen molar-refractivity contribution in [3.05, 3.63) is 18.7 Å². The molecule has 1 aromatic rings. The van der Waals surface area contributed by atoms with Crippen molar-refractivity contribution in [3.8, 4) is 0 Å². The Morgan fingerprint density at radius 1 is 1.21 bits per heavy atom. The van der Waals surface area contributed by atoms with Crippen molar-refractivity contribution in [2.24, 2.45) is 0 Å². The average Bonchev–Trinajstić information content (AvgIpc) is 2.83. The molecule has 1 N–H and O–H groups in total. The van der Waals surface area contributed by atoms with Gasteiger partial charge in [-0.1, -0.05) is 0 Å². The third-order valence-corrected chi connectivity index (χ3v) is 3.66. The Hall–Kier alpha value is -1.08. The SMILES string of the molecule is OC1(C(F)(F)F)CCN(CCCn2ccnc2)CC1. The molecule has 1 saturated heterocycles. The molecule has 0 aliphatic carbocycles. The van der Waals surface area contributed by atoms with E-state index in [0.717, 1.165) is 19.5 Å². The van der Waals surface area contributed by atoms with Crippen LogP contribution in [0.1, 0.15) is 19.3 Å². The van der Waals surface area contributed by atoms with E-state index in [4.69, 9.17) is 0 Å². The Morgan fingerprint density at radius 3 is 2.42 bits per heavy atom. The molecule has 1 aromatic heterocycles. The molecule has 0 amide bonds. The Balaban J connectivity index is 1.72. The first kappa shape index (κ1) is 14.3. The molecule has 19 heavy (non-hydrogen) atoms. The van der Waals surface area contributed by atoms with E-state index in [-0.39, 0.29) is 12.8 Å². The summed E-state index contributed by atoms with van der Waals surface area (Å²) < 4.78 is 39.8. The summed E-state index contributed by atoms with van der Waals surface area (Å²) in [6, 6.07) is 0. The molecule has 108 valence electrons. The Bertz CT molecular complexity index is 383. The molecule has 1 aliphatic rings. The lowest BCUT2D eigenvalue weighted by molar-refractivity contribution is -0.272. The van der Waals surface area contributed by atoms with E-state index < -0.39 is 11.8 Å². The minimum absolute atomic E-state index is 0.235. The summed E-state index contributed by atoms with van der Waals surface area (Å²) in [4.78, 5) is 5.89. The van der Waals surface area contributed by atoms with E-state index in [9.17, 15) is 18.3 Å². The van der Waals surface area contributed by atoms with Crippen LogP contribution in [0.25, 0.3) is 0 Å². The van der Waals surface area contributed by atoms with Gasteiger partial charge in [-0.2, -0.15) is 13.2 Å². The number of aromatic nitrogens is 2. The van der Waals surface area contributed by atoms with Gasteiger partial charge in [-0.05, 0) is 25.8 Å². The van der Waals surface area contributed by atoms with Gasteiger partial charge in [0.15, 0.2) is 5.60 Å². The van der Waals surface area contributed by atoms with E-state index in [1.54, 1.807) is 12.5 Å². The Morgan fingerprint density at radius 2 is 1.89 bits per heavy atom. The van der Waals surface area contributed by atoms with Gasteiger partial charge in [-0.3, -0.25) is 0 Å². The zero-order valence-corrected chi connectivity index (χ0v) is 10.6. The quantitative estimate of drug-likeness (QED) is 0.910. The molecule has 1 aliphatic heterocycles. The summed E-state index contributed by atoms with van der Waals surface area (Å²) in [6.45, 7) is 2.13. The number of imidazole rings is 1. The summed E-state index contributed by atoms with van der Waals surface area (Å²) in [7, 11) is 0. The molecular weight excluding hydrogens is 259 g/mol. The van der Waals surface area contributed by atoms with Crippen molar-refractivity contribution in [2.45, 2.75) is 37.6 Å². The van der Waals surface area contributed by atoms with Crippen LogP contribution in [0, 0.1) is 0 Å². The lowest BCUT2D eigenvalue weighted by Gasteiger charge is -2.39. The van der Waals surface area contributed by atoms with E-state index in [2.05, 4.69) is 4.98 Å². The number of piperidine rings is 1. The van der Waals surface area contributed by atoms with Gasteiger partial charge in [0.2, 0.25) is 0 Å². The van der Waals surface area contributed by atoms with Gasteiger partial charge < -0.3 is 14.6 Å². The number of nitrogens with zero attached hydrogens (tertiary/aromatic N) is 3. The number of halogens is 3. The second kappa shape index (κ2) is 5.50. The smallest absolute Gasteiger partial charge is 0.380 e. The second-order valence-corrected chi connectivity index (χ2v) is 5.03. The topological polar surface area (TPSA) is 41.3 Å². The minimum Gasteiger partial charge on any atom is -0.380 e. The standard InChI is InChI=1S/C12H18F3N3O/c13-12(14,15)11(19)2-7-17(8-3-11)5-1-6-18-9-4-16-10-18/h4,9-10,19H,1-3,5-8H2. The average molecular weight is 277 g/mol. The monoisotopic (exact) mass is 277 g/mol. The van der Waals surface area contributed by atoms with Crippen molar-refractivity contribution in [2.75, 3.05) is 19.6 Å². The summed E-state index contributed by atoms with van der Waals surface area (Å²) in [6.07, 6.45) is 1.15. The van der Waals surface area contributed by atoms with E-state index >= 15 is 0 Å². The Kier molecular flexibility index (Phi) is 4.15. The predicted molar refractivity (Wildman–Crippen MR) is 63.5 cm³/mol. The normalized spacial score (nSPS) is 20.6. The van der Waals surface area contributed by atoms with E-state index in [1.165, 1.54) is 0 Å². The zero-order valence-electron chi connectivity index (χ0n) is 10.6. The summed E-state index contributed by atoms with van der Waals surface area (Å²) in [5.74, 6) is 0. The molecule has 0 spiro atoms. The van der Waals surface area contributed by atoms with Crippen LogP contribution in [-0.2, 0) is 6.54 Å². The van der Waals surface area contributed by atoms with Crippen molar-refractivity contribution in [1.82, 2.24) is 14.5 Å². The van der Waals surface area contributed by atoms with E-state index in [0.29, 0.717) is 13.1 Å². The van der Waals surface area contributed by atoms with Gasteiger partial charge in [-0.25, -0.2) is 4.98 Å². The molecular formula is C12H18F3N3O. The van der Waals surface area contributed by atoms with Gasteiger partial charge in [0, 0.05) is 32.0 Å². The van der Waals surface area contributed by atoms with E-state index in [1.807, 2.05) is 15.7 Å². The Labute approximate surface area is 109 Å². The zero-order chi connectivity index (χ0) is 13.9. The van der Waals surface area contributed by atoms with Crippen LogP contribution in [0.3, 0.4) is 0 Å². The molecule has 2 heterocycles. The maximum Gasteiger partial charge on any atom is 0.417 e. The van der Waals surface area contributed by atoms with Crippen LogP contribution >= 0.6 is 0 Å². The van der Waals surface area contributed by atoms with Crippen LogP contribution in [0.15, 0.2) is 18.7 Å². The van der Waals surface area contributed by atoms with Gasteiger partial charge in [0.1, 0.15) is 0 Å². The lowest BCUT2D eigenvalue weighted by Crippen LogP contribution is -2.53. The molecule has 0 saturated carbocycles. The number of hydrogen-bond acceptors (Lipinski definition) is 3. The van der Waals surface area contributed by atoms with Crippen molar-refractivity contribution in [1.29, 1.82) is 0 Å². The summed E-state index contributed by atoms with van der Waals surface area (Å²) >= 11 is 0. The van der Waals surface area contributed by atoms with Crippen LogP contribution in [0.4, 0.5) is 13.2 Å². The first-order valence-electron chi connectivity index (χ1n) is 6.38. The largest absolute Gasteiger partial charge is 0.417 e. The fourth-order valence-electron chi connectivity index (χ4n) is 2.33. The second-order valence-electron chi connectivity index (χ2n) is 5.03. The molecule has 0 unspecified atom stereocenters.